The van der Waals surface area contributed by atoms with Crippen molar-refractivity contribution in [2.75, 3.05) is 20.0 Å². The molecule has 7 nitrogen and oxygen atoms in total. The number of methoxy groups -OCH3 is 2. The molecule has 0 bridgehead atoms. The Hall–Kier alpha value is -3.39. The minimum absolute atomic E-state index is 0.101. The molecule has 0 spiro atoms. The van der Waals surface area contributed by atoms with Gasteiger partial charge in [0.25, 0.3) is 5.56 Å². The first-order chi connectivity index (χ1) is 13.6. The zero-order valence-electron chi connectivity index (χ0n) is 15.4. The molecular formula is C20H18N4O3S. The summed E-state index contributed by atoms with van der Waals surface area (Å²) in [5.41, 5.74) is 7.47. The Labute approximate surface area is 165 Å². The van der Waals surface area contributed by atoms with Gasteiger partial charge in [0.05, 0.1) is 32.5 Å². The topological polar surface area (TPSA) is 92.3 Å². The normalized spacial score (nSPS) is 10.9. The molecule has 0 radical (unpaired) electrons. The van der Waals surface area contributed by atoms with E-state index in [4.69, 9.17) is 15.2 Å². The van der Waals surface area contributed by atoms with Gasteiger partial charge < -0.3 is 15.2 Å². The molecule has 0 saturated carbocycles. The minimum atomic E-state index is -0.101. The molecule has 0 aliphatic carbocycles. The Kier molecular flexibility index (Phi) is 4.70. The van der Waals surface area contributed by atoms with E-state index in [0.717, 1.165) is 16.0 Å². The summed E-state index contributed by atoms with van der Waals surface area (Å²) < 4.78 is 12.2. The zero-order valence-corrected chi connectivity index (χ0v) is 16.2. The summed E-state index contributed by atoms with van der Waals surface area (Å²) in [4.78, 5) is 23.1. The predicted molar refractivity (Wildman–Crippen MR) is 110 cm³/mol. The Morgan fingerprint density at radius 3 is 2.50 bits per heavy atom. The van der Waals surface area contributed by atoms with E-state index in [1.165, 1.54) is 11.3 Å². The van der Waals surface area contributed by atoms with Crippen LogP contribution in [0.4, 0.5) is 5.82 Å². The molecule has 0 atom stereocenters. The van der Waals surface area contributed by atoms with Gasteiger partial charge in [-0.2, -0.15) is 0 Å². The molecule has 1 aromatic carbocycles. The van der Waals surface area contributed by atoms with E-state index in [1.807, 2.05) is 24.3 Å². The van der Waals surface area contributed by atoms with E-state index in [0.29, 0.717) is 34.1 Å². The molecule has 0 amide bonds. The third-order valence-electron chi connectivity index (χ3n) is 4.35. The molecule has 0 aliphatic heterocycles. The van der Waals surface area contributed by atoms with Crippen LogP contribution in [0, 0.1) is 0 Å². The van der Waals surface area contributed by atoms with Crippen LogP contribution in [0.15, 0.2) is 53.7 Å². The minimum Gasteiger partial charge on any atom is -0.497 e. The van der Waals surface area contributed by atoms with Crippen molar-refractivity contribution in [3.63, 3.8) is 0 Å². The molecule has 3 aromatic heterocycles. The van der Waals surface area contributed by atoms with Crippen LogP contribution >= 0.6 is 11.3 Å². The quantitative estimate of drug-likeness (QED) is 0.559. The van der Waals surface area contributed by atoms with Crippen LogP contribution in [0.5, 0.6) is 11.5 Å². The maximum Gasteiger partial charge on any atom is 0.262 e. The van der Waals surface area contributed by atoms with Crippen molar-refractivity contribution in [2.45, 2.75) is 6.54 Å². The van der Waals surface area contributed by atoms with Crippen molar-refractivity contribution in [3.05, 3.63) is 64.8 Å². The fraction of sp³-hybridized carbons (Fsp3) is 0.150. The van der Waals surface area contributed by atoms with Crippen LogP contribution < -0.4 is 20.8 Å². The summed E-state index contributed by atoms with van der Waals surface area (Å²) in [7, 11) is 3.19. The number of nitrogens with zero attached hydrogens (tertiary/aromatic N) is 3. The van der Waals surface area contributed by atoms with Gasteiger partial charge in [-0.15, -0.1) is 11.3 Å². The molecule has 142 valence electrons. The van der Waals surface area contributed by atoms with Crippen molar-refractivity contribution >= 4 is 27.4 Å². The van der Waals surface area contributed by atoms with Crippen molar-refractivity contribution in [2.24, 2.45) is 0 Å². The lowest BCUT2D eigenvalue weighted by Gasteiger charge is -2.10. The van der Waals surface area contributed by atoms with Crippen LogP contribution in [-0.4, -0.2) is 28.8 Å². The highest BCUT2D eigenvalue weighted by Gasteiger charge is 2.12. The maximum atomic E-state index is 13.0. The maximum absolute atomic E-state index is 13.0. The van der Waals surface area contributed by atoms with Gasteiger partial charge in [0.15, 0.2) is 0 Å². The van der Waals surface area contributed by atoms with Crippen LogP contribution in [0.25, 0.3) is 20.7 Å². The number of thiophene rings is 1. The summed E-state index contributed by atoms with van der Waals surface area (Å²) in [6.07, 6.45) is 3.22. The molecule has 3 heterocycles. The highest BCUT2D eigenvalue weighted by atomic mass is 32.1. The fourth-order valence-corrected chi connectivity index (χ4v) is 3.96. The number of nitrogen functional groups attached to an aromatic ring is 1. The lowest BCUT2D eigenvalue weighted by Crippen LogP contribution is -2.20. The Bertz CT molecular complexity index is 1190. The second kappa shape index (κ2) is 7.32. The van der Waals surface area contributed by atoms with E-state index >= 15 is 0 Å². The molecule has 8 heteroatoms. The number of hydrogen-bond acceptors (Lipinski definition) is 7. The number of benzene rings is 1. The first kappa shape index (κ1) is 18.0. The second-order valence-electron chi connectivity index (χ2n) is 6.20. The molecule has 0 aliphatic rings. The molecule has 0 unspecified atom stereocenters. The van der Waals surface area contributed by atoms with Gasteiger partial charge >= 0.3 is 0 Å². The molecule has 4 rings (SSSR count). The number of fused-ring (bicyclic) bond motifs is 1. The van der Waals surface area contributed by atoms with E-state index in [9.17, 15) is 4.79 Å². The summed E-state index contributed by atoms with van der Waals surface area (Å²) in [6.45, 7) is 0.364. The predicted octanol–water partition coefficient (Wildman–Crippen LogP) is 3.17. The summed E-state index contributed by atoms with van der Waals surface area (Å²) in [5.74, 6) is 1.78. The number of rotatable bonds is 5. The number of ether oxygens (including phenoxy) is 2. The summed E-state index contributed by atoms with van der Waals surface area (Å²) >= 11 is 1.45. The third-order valence-corrected chi connectivity index (χ3v) is 5.44. The van der Waals surface area contributed by atoms with E-state index in [2.05, 4.69) is 9.97 Å². The number of nitrogens with two attached hydrogens (primary N) is 1. The van der Waals surface area contributed by atoms with Gasteiger partial charge in [0.1, 0.15) is 22.1 Å². The van der Waals surface area contributed by atoms with E-state index < -0.39 is 0 Å². The summed E-state index contributed by atoms with van der Waals surface area (Å²) in [6, 6.07) is 11.0. The number of pyridine rings is 1. The van der Waals surface area contributed by atoms with Gasteiger partial charge in [-0.05, 0) is 41.5 Å². The van der Waals surface area contributed by atoms with Crippen LogP contribution in [0.2, 0.25) is 0 Å². The molecule has 4 aromatic rings. The van der Waals surface area contributed by atoms with Crippen molar-refractivity contribution in [1.29, 1.82) is 0 Å². The average Bonchev–Trinajstić information content (AvgIpc) is 3.15. The van der Waals surface area contributed by atoms with E-state index in [1.54, 1.807) is 43.4 Å². The van der Waals surface area contributed by atoms with E-state index in [-0.39, 0.29) is 5.56 Å². The highest BCUT2D eigenvalue weighted by molar-refractivity contribution is 7.21. The molecule has 0 saturated heterocycles. The number of hydrogen-bond donors (Lipinski definition) is 1. The van der Waals surface area contributed by atoms with Gasteiger partial charge in [-0.25, -0.2) is 9.97 Å². The Morgan fingerprint density at radius 2 is 1.82 bits per heavy atom. The Balaban J connectivity index is 1.73. The van der Waals surface area contributed by atoms with Gasteiger partial charge in [0.2, 0.25) is 0 Å². The number of aromatic nitrogens is 3. The third kappa shape index (κ3) is 3.41. The summed E-state index contributed by atoms with van der Waals surface area (Å²) in [5, 5.41) is 0.577. The smallest absolute Gasteiger partial charge is 0.262 e. The van der Waals surface area contributed by atoms with Gasteiger partial charge in [0, 0.05) is 17.1 Å². The molecule has 28 heavy (non-hydrogen) atoms. The molecular weight excluding hydrogens is 376 g/mol. The zero-order chi connectivity index (χ0) is 19.7. The van der Waals surface area contributed by atoms with Gasteiger partial charge in [-0.3, -0.25) is 9.36 Å². The van der Waals surface area contributed by atoms with Gasteiger partial charge in [-0.1, -0.05) is 0 Å². The number of anilines is 1. The second-order valence-corrected chi connectivity index (χ2v) is 7.23. The fourth-order valence-electron chi connectivity index (χ4n) is 2.97. The standard InChI is InChI=1S/C20H18N4O3S/c1-26-14-5-12(6-15(8-14)27-2)10-24-11-23-19-16(20(24)25)9-17(28-19)13-3-4-22-18(21)7-13/h3-9,11H,10H2,1-2H3,(H2,21,22). The van der Waals surface area contributed by atoms with Crippen LogP contribution in [0.3, 0.4) is 0 Å². The average molecular weight is 394 g/mol. The lowest BCUT2D eigenvalue weighted by molar-refractivity contribution is 0.393. The lowest BCUT2D eigenvalue weighted by atomic mass is 10.2. The van der Waals surface area contributed by atoms with Crippen molar-refractivity contribution in [1.82, 2.24) is 14.5 Å². The van der Waals surface area contributed by atoms with Crippen molar-refractivity contribution in [3.8, 4) is 21.9 Å². The SMILES string of the molecule is COc1cc(Cn2cnc3sc(-c4ccnc(N)c4)cc3c2=O)cc(OC)c1. The van der Waals surface area contributed by atoms with Crippen molar-refractivity contribution < 1.29 is 9.47 Å². The molecule has 2 N–H and O–H groups in total. The first-order valence-electron chi connectivity index (χ1n) is 8.50. The van der Waals surface area contributed by atoms with Crippen LogP contribution in [0.1, 0.15) is 5.56 Å². The first-order valence-corrected chi connectivity index (χ1v) is 9.32. The highest BCUT2D eigenvalue weighted by Crippen LogP contribution is 2.31. The van der Waals surface area contributed by atoms with Crippen LogP contribution in [-0.2, 0) is 6.54 Å². The monoisotopic (exact) mass is 394 g/mol. The Morgan fingerprint density at radius 1 is 1.07 bits per heavy atom. The molecule has 0 fully saturated rings. The largest absolute Gasteiger partial charge is 0.497 e.